The number of H-pyrrole nitrogens is 1. The van der Waals surface area contributed by atoms with E-state index in [1.54, 1.807) is 42.5 Å². The van der Waals surface area contributed by atoms with Gasteiger partial charge in [0.15, 0.2) is 0 Å². The van der Waals surface area contributed by atoms with Gasteiger partial charge in [-0.1, -0.05) is 36.4 Å². The van der Waals surface area contributed by atoms with E-state index in [-0.39, 0.29) is 28.0 Å². The zero-order valence-corrected chi connectivity index (χ0v) is 35.8. The number of sulfonamides is 2. The molecule has 0 spiro atoms. The Morgan fingerprint density at radius 3 is 2.02 bits per heavy atom. The van der Waals surface area contributed by atoms with Crippen molar-refractivity contribution in [1.82, 2.24) is 9.88 Å². The largest absolute Gasteiger partial charge is 0.492 e. The lowest BCUT2D eigenvalue weighted by molar-refractivity contribution is -0.115. The number of fused-ring (bicyclic) bond motifs is 5. The van der Waals surface area contributed by atoms with Crippen LogP contribution in [-0.4, -0.2) is 91.1 Å². The topological polar surface area (TPSA) is 170 Å². The van der Waals surface area contributed by atoms with E-state index in [0.29, 0.717) is 54.3 Å². The molecule has 0 atom stereocenters. The quantitative estimate of drug-likeness (QED) is 0.146. The highest BCUT2D eigenvalue weighted by Crippen LogP contribution is 2.39. The van der Waals surface area contributed by atoms with Crippen molar-refractivity contribution in [2.24, 2.45) is 0 Å². The smallest absolute Gasteiger partial charge is 0.264 e. The third-order valence-electron chi connectivity index (χ3n) is 12.0. The van der Waals surface area contributed by atoms with Gasteiger partial charge in [0.05, 0.1) is 46.4 Å². The number of para-hydroxylation sites is 2. The first-order chi connectivity index (χ1) is 30.5. The van der Waals surface area contributed by atoms with Crippen LogP contribution in [0.25, 0.3) is 22.6 Å². The molecule has 63 heavy (non-hydrogen) atoms. The van der Waals surface area contributed by atoms with E-state index in [4.69, 9.17) is 9.47 Å². The zero-order valence-electron chi connectivity index (χ0n) is 34.2. The SMILES string of the molecule is O=C1Cc2cc(S(=O)(=O)N3CCc4ccccc43)ccc2N1.O=C1Nc2ccc(S(=O)(=O)N3CCc4ccccc43)cc2C1=Cc1cc2cc(OCCN3CCOCC3)ccc2[nH]1. The molecule has 0 saturated carbocycles. The van der Waals surface area contributed by atoms with Gasteiger partial charge in [-0.3, -0.25) is 23.1 Å². The molecule has 1 fully saturated rings. The van der Waals surface area contributed by atoms with Gasteiger partial charge < -0.3 is 25.1 Å². The molecule has 14 nitrogen and oxygen atoms in total. The van der Waals surface area contributed by atoms with E-state index in [9.17, 15) is 26.4 Å². The summed E-state index contributed by atoms with van der Waals surface area (Å²) in [5.74, 6) is 0.411. The van der Waals surface area contributed by atoms with Crippen LogP contribution in [0.1, 0.15) is 27.9 Å². The highest BCUT2D eigenvalue weighted by atomic mass is 32.2. The van der Waals surface area contributed by atoms with Crippen LogP contribution in [0.4, 0.5) is 22.7 Å². The molecule has 16 heteroatoms. The van der Waals surface area contributed by atoms with Gasteiger partial charge in [0.1, 0.15) is 12.4 Å². The lowest BCUT2D eigenvalue weighted by Crippen LogP contribution is -2.38. The average Bonchev–Trinajstić information content (AvgIpc) is 4.13. The van der Waals surface area contributed by atoms with Crippen LogP contribution in [-0.2, 0) is 53.6 Å². The van der Waals surface area contributed by atoms with Crippen molar-refractivity contribution in [3.8, 4) is 5.75 Å². The van der Waals surface area contributed by atoms with Crippen LogP contribution >= 0.6 is 0 Å². The highest BCUT2D eigenvalue weighted by Gasteiger charge is 2.34. The van der Waals surface area contributed by atoms with Crippen LogP contribution < -0.4 is 24.0 Å². The van der Waals surface area contributed by atoms with Crippen molar-refractivity contribution < 1.29 is 35.9 Å². The zero-order chi connectivity index (χ0) is 43.3. The molecule has 3 N–H and O–H groups in total. The average molecular weight is 885 g/mol. The molecule has 1 aromatic heterocycles. The van der Waals surface area contributed by atoms with Crippen molar-refractivity contribution in [1.29, 1.82) is 0 Å². The number of rotatable bonds is 9. The van der Waals surface area contributed by atoms with Crippen LogP contribution in [0.15, 0.2) is 119 Å². The minimum absolute atomic E-state index is 0.101. The van der Waals surface area contributed by atoms with Crippen LogP contribution in [0.3, 0.4) is 0 Å². The Kier molecular flexibility index (Phi) is 10.5. The Morgan fingerprint density at radius 2 is 1.32 bits per heavy atom. The van der Waals surface area contributed by atoms with Gasteiger partial charge in [0.2, 0.25) is 5.91 Å². The number of nitrogens with zero attached hydrogens (tertiary/aromatic N) is 3. The van der Waals surface area contributed by atoms with Gasteiger partial charge in [0.25, 0.3) is 26.0 Å². The monoisotopic (exact) mass is 884 g/mol. The number of ether oxygens (including phenoxy) is 2. The Hall–Kier alpha value is -6.46. The summed E-state index contributed by atoms with van der Waals surface area (Å²) in [6, 6.07) is 32.6. The van der Waals surface area contributed by atoms with E-state index in [1.807, 2.05) is 72.8 Å². The Labute approximate surface area is 365 Å². The number of carbonyl (C=O) groups is 2. The predicted octanol–water partition coefficient (Wildman–Crippen LogP) is 6.06. The molecule has 2 amide bonds. The summed E-state index contributed by atoms with van der Waals surface area (Å²) >= 11 is 0. The molecule has 5 aromatic carbocycles. The molecule has 0 aliphatic carbocycles. The maximum atomic E-state index is 13.6. The van der Waals surface area contributed by atoms with E-state index in [2.05, 4.69) is 20.5 Å². The Morgan fingerprint density at radius 1 is 0.667 bits per heavy atom. The maximum absolute atomic E-state index is 13.6. The molecule has 6 heterocycles. The number of anilines is 4. The van der Waals surface area contributed by atoms with Crippen molar-refractivity contribution >= 4 is 77.2 Å². The lowest BCUT2D eigenvalue weighted by atomic mass is 10.1. The highest BCUT2D eigenvalue weighted by molar-refractivity contribution is 7.93. The van der Waals surface area contributed by atoms with Crippen molar-refractivity contribution in [3.63, 3.8) is 0 Å². The lowest BCUT2D eigenvalue weighted by Gasteiger charge is -2.26. The van der Waals surface area contributed by atoms with Gasteiger partial charge in [-0.2, -0.15) is 0 Å². The Balaban J connectivity index is 0.000000180. The van der Waals surface area contributed by atoms with Crippen molar-refractivity contribution in [2.75, 3.05) is 71.8 Å². The summed E-state index contributed by atoms with van der Waals surface area (Å²) < 4.78 is 67.4. The molecule has 6 aromatic rings. The van der Waals surface area contributed by atoms with Crippen molar-refractivity contribution in [2.45, 2.75) is 29.1 Å². The fourth-order valence-electron chi connectivity index (χ4n) is 8.78. The molecule has 0 unspecified atom stereocenters. The summed E-state index contributed by atoms with van der Waals surface area (Å²) in [5.41, 5.74) is 8.17. The maximum Gasteiger partial charge on any atom is 0.264 e. The van der Waals surface area contributed by atoms with Gasteiger partial charge in [0, 0.05) is 66.3 Å². The van der Waals surface area contributed by atoms with E-state index in [0.717, 1.165) is 84.0 Å². The molecule has 5 aliphatic heterocycles. The van der Waals surface area contributed by atoms with E-state index < -0.39 is 20.0 Å². The third-order valence-corrected chi connectivity index (χ3v) is 15.7. The number of carbonyl (C=O) groups excluding carboxylic acids is 2. The standard InChI is InChI=1S/C31H30N4O5S.C16H14N2O3S/c36-31-27(19-23-17-22-18-24(5-7-28(22)32-23)40-16-13-34-11-14-39-15-12-34)26-20-25(6-8-29(26)33-31)41(37,38)35-10-9-21-3-1-2-4-30(21)35;19-16-10-12-9-13(5-6-14(12)17-16)22(20,21)18-8-7-11-3-1-2-4-15(11)18/h1-8,17-20,32H,9-16H2,(H,33,36);1-6,9H,7-8,10H2,(H,17,19). The second kappa shape index (κ2) is 16.3. The van der Waals surface area contributed by atoms with Gasteiger partial charge in [-0.15, -0.1) is 0 Å². The Bertz CT molecular complexity index is 3070. The number of morpholine rings is 1. The molecule has 0 radical (unpaired) electrons. The molecular weight excluding hydrogens is 841 g/mol. The number of hydrogen-bond donors (Lipinski definition) is 3. The van der Waals surface area contributed by atoms with E-state index in [1.165, 1.54) is 8.61 Å². The van der Waals surface area contributed by atoms with Gasteiger partial charge >= 0.3 is 0 Å². The summed E-state index contributed by atoms with van der Waals surface area (Å²) in [5, 5.41) is 6.54. The summed E-state index contributed by atoms with van der Waals surface area (Å²) in [7, 11) is -7.39. The number of aromatic amines is 1. The van der Waals surface area contributed by atoms with Crippen molar-refractivity contribution in [3.05, 3.63) is 137 Å². The number of benzene rings is 5. The summed E-state index contributed by atoms with van der Waals surface area (Å²) in [4.78, 5) is 30.4. The number of nitrogens with one attached hydrogen (secondary N) is 3. The fourth-order valence-corrected chi connectivity index (χ4v) is 11.9. The number of aromatic nitrogens is 1. The molecule has 11 rings (SSSR count). The first-order valence-electron chi connectivity index (χ1n) is 20.9. The minimum Gasteiger partial charge on any atom is -0.492 e. The molecule has 1 saturated heterocycles. The molecule has 0 bridgehead atoms. The van der Waals surface area contributed by atoms with Gasteiger partial charge in [-0.05, 0) is 108 Å². The van der Waals surface area contributed by atoms with Crippen LogP contribution in [0.2, 0.25) is 0 Å². The first kappa shape index (κ1) is 40.6. The third kappa shape index (κ3) is 7.84. The normalized spacial score (nSPS) is 17.5. The van der Waals surface area contributed by atoms with Gasteiger partial charge in [-0.25, -0.2) is 16.8 Å². The minimum atomic E-state index is -3.79. The number of amides is 2. The fraction of sp³-hybridized carbons (Fsp3) is 0.234. The molecule has 322 valence electrons. The van der Waals surface area contributed by atoms with Crippen LogP contribution in [0.5, 0.6) is 5.75 Å². The second-order valence-corrected chi connectivity index (χ2v) is 19.7. The summed E-state index contributed by atoms with van der Waals surface area (Å²) in [6.45, 7) is 5.67. The molecular formula is C47H44N6O8S2. The predicted molar refractivity (Wildman–Crippen MR) is 242 cm³/mol. The summed E-state index contributed by atoms with van der Waals surface area (Å²) in [6.07, 6.45) is 3.39. The second-order valence-electron chi connectivity index (χ2n) is 16.0. The number of hydrogen-bond acceptors (Lipinski definition) is 9. The first-order valence-corrected chi connectivity index (χ1v) is 23.8. The van der Waals surface area contributed by atoms with Crippen LogP contribution in [0, 0.1) is 0 Å². The molecule has 5 aliphatic rings. The van der Waals surface area contributed by atoms with E-state index >= 15 is 0 Å².